The number of aryl methyl sites for hydroxylation is 1. The monoisotopic (exact) mass is 312 g/mol. The van der Waals surface area contributed by atoms with E-state index < -0.39 is 0 Å². The highest BCUT2D eigenvalue weighted by atomic mass is 79.9. The zero-order valence-electron chi connectivity index (χ0n) is 10.4. The molecule has 0 saturated carbocycles. The van der Waals surface area contributed by atoms with Crippen molar-refractivity contribution in [3.05, 3.63) is 28.9 Å². The van der Waals surface area contributed by atoms with E-state index in [-0.39, 0.29) is 0 Å². The highest BCUT2D eigenvalue weighted by Crippen LogP contribution is 2.25. The van der Waals surface area contributed by atoms with Gasteiger partial charge in [0.05, 0.1) is 6.20 Å². The molecular weight excluding hydrogens is 296 g/mol. The van der Waals surface area contributed by atoms with Gasteiger partial charge in [-0.05, 0) is 54.0 Å². The Kier molecular flexibility index (Phi) is 5.01. The summed E-state index contributed by atoms with van der Waals surface area (Å²) in [5.41, 5.74) is 0. The van der Waals surface area contributed by atoms with Crippen molar-refractivity contribution < 1.29 is 8.83 Å². The van der Waals surface area contributed by atoms with Crippen molar-refractivity contribution in [3.63, 3.8) is 0 Å². The van der Waals surface area contributed by atoms with Gasteiger partial charge in [-0.1, -0.05) is 6.92 Å². The van der Waals surface area contributed by atoms with Crippen LogP contribution in [0, 0.1) is 0 Å². The predicted molar refractivity (Wildman–Crippen MR) is 73.4 cm³/mol. The second kappa shape index (κ2) is 6.75. The van der Waals surface area contributed by atoms with Crippen LogP contribution in [0.2, 0.25) is 0 Å². The van der Waals surface area contributed by atoms with E-state index in [1.54, 1.807) is 6.20 Å². The minimum atomic E-state index is 0.678. The lowest BCUT2D eigenvalue weighted by atomic mass is 10.3. The quantitative estimate of drug-likeness (QED) is 0.793. The van der Waals surface area contributed by atoms with Gasteiger partial charge in [0.25, 0.3) is 0 Å². The summed E-state index contributed by atoms with van der Waals surface area (Å²) >= 11 is 3.27. The second-order valence-corrected chi connectivity index (χ2v) is 4.86. The first kappa shape index (κ1) is 13.4. The van der Waals surface area contributed by atoms with Crippen LogP contribution >= 0.6 is 15.9 Å². The van der Waals surface area contributed by atoms with Crippen LogP contribution in [0.25, 0.3) is 11.5 Å². The molecule has 0 aliphatic heterocycles. The van der Waals surface area contributed by atoms with Crippen LogP contribution in [0.3, 0.4) is 0 Å². The third-order valence-corrected chi connectivity index (χ3v) is 2.97. The number of nitrogens with zero attached hydrogens (tertiary/aromatic N) is 1. The Bertz CT molecular complexity index is 479. The zero-order chi connectivity index (χ0) is 12.8. The third kappa shape index (κ3) is 3.71. The van der Waals surface area contributed by atoms with Crippen molar-refractivity contribution in [2.24, 2.45) is 0 Å². The van der Waals surface area contributed by atoms with Crippen molar-refractivity contribution >= 4 is 15.9 Å². The van der Waals surface area contributed by atoms with E-state index in [1.165, 1.54) is 0 Å². The number of halogens is 1. The summed E-state index contributed by atoms with van der Waals surface area (Å²) in [6.07, 6.45) is 4.75. The number of oxazole rings is 1. The van der Waals surface area contributed by atoms with Crippen LogP contribution in [0.15, 0.2) is 31.8 Å². The van der Waals surface area contributed by atoms with Crippen LogP contribution in [-0.2, 0) is 6.42 Å². The third-order valence-electron chi connectivity index (χ3n) is 2.54. The van der Waals surface area contributed by atoms with Gasteiger partial charge in [-0.25, -0.2) is 4.98 Å². The lowest BCUT2D eigenvalue weighted by molar-refractivity contribution is 0.468. The fourth-order valence-electron chi connectivity index (χ4n) is 1.65. The van der Waals surface area contributed by atoms with E-state index >= 15 is 0 Å². The molecule has 2 aromatic heterocycles. The molecule has 98 valence electrons. The standard InChI is InChI=1S/C13H17BrN2O2/c1-2-7-15-8-3-4-13-16-9-11(18-13)10-5-6-12(14)17-10/h5-6,9,15H,2-4,7-8H2,1H3. The second-order valence-electron chi connectivity index (χ2n) is 4.08. The Hall–Kier alpha value is -1.07. The molecule has 0 amide bonds. The van der Waals surface area contributed by atoms with Crippen LogP contribution < -0.4 is 5.32 Å². The summed E-state index contributed by atoms with van der Waals surface area (Å²) in [6, 6.07) is 3.70. The lowest BCUT2D eigenvalue weighted by Crippen LogP contribution is -2.16. The Balaban J connectivity index is 1.83. The van der Waals surface area contributed by atoms with Crippen LogP contribution in [-0.4, -0.2) is 18.1 Å². The smallest absolute Gasteiger partial charge is 0.195 e. The first-order valence-electron chi connectivity index (χ1n) is 6.20. The number of furan rings is 1. The largest absolute Gasteiger partial charge is 0.446 e. The van der Waals surface area contributed by atoms with Crippen molar-refractivity contribution in [1.82, 2.24) is 10.3 Å². The molecule has 0 radical (unpaired) electrons. The Morgan fingerprint density at radius 3 is 2.83 bits per heavy atom. The number of aromatic nitrogens is 1. The van der Waals surface area contributed by atoms with E-state index in [1.807, 2.05) is 12.1 Å². The summed E-state index contributed by atoms with van der Waals surface area (Å²) in [4.78, 5) is 4.25. The van der Waals surface area contributed by atoms with Gasteiger partial charge >= 0.3 is 0 Å². The summed E-state index contributed by atoms with van der Waals surface area (Å²) < 4.78 is 11.7. The molecule has 0 saturated heterocycles. The number of nitrogens with one attached hydrogen (secondary N) is 1. The average molecular weight is 313 g/mol. The summed E-state index contributed by atoms with van der Waals surface area (Å²) in [5.74, 6) is 2.14. The van der Waals surface area contributed by atoms with Gasteiger partial charge < -0.3 is 14.2 Å². The molecule has 0 fully saturated rings. The number of hydrogen-bond acceptors (Lipinski definition) is 4. The molecule has 0 spiro atoms. The van der Waals surface area contributed by atoms with Gasteiger partial charge in [0.2, 0.25) is 0 Å². The van der Waals surface area contributed by atoms with E-state index in [0.717, 1.165) is 38.2 Å². The van der Waals surface area contributed by atoms with Gasteiger partial charge in [-0.2, -0.15) is 0 Å². The normalized spacial score (nSPS) is 11.0. The van der Waals surface area contributed by atoms with Gasteiger partial charge in [0.1, 0.15) is 0 Å². The minimum absolute atomic E-state index is 0.678. The lowest BCUT2D eigenvalue weighted by Gasteiger charge is -2.00. The first-order valence-corrected chi connectivity index (χ1v) is 7.00. The first-order chi connectivity index (χ1) is 8.79. The molecule has 1 N–H and O–H groups in total. The maximum Gasteiger partial charge on any atom is 0.195 e. The van der Waals surface area contributed by atoms with Crippen LogP contribution in [0.5, 0.6) is 0 Å². The molecule has 0 aliphatic rings. The van der Waals surface area contributed by atoms with Gasteiger partial charge in [-0.3, -0.25) is 0 Å². The van der Waals surface area contributed by atoms with E-state index in [0.29, 0.717) is 16.2 Å². The van der Waals surface area contributed by atoms with Gasteiger partial charge in [0.15, 0.2) is 22.1 Å². The summed E-state index contributed by atoms with van der Waals surface area (Å²) in [6.45, 7) is 4.23. The molecule has 0 atom stereocenters. The molecular formula is C13H17BrN2O2. The molecule has 0 unspecified atom stereocenters. The molecule has 18 heavy (non-hydrogen) atoms. The highest BCUT2D eigenvalue weighted by molar-refractivity contribution is 9.10. The van der Waals surface area contributed by atoms with Gasteiger partial charge in [-0.15, -0.1) is 0 Å². The molecule has 0 aliphatic carbocycles. The minimum Gasteiger partial charge on any atom is -0.446 e. The fraction of sp³-hybridized carbons (Fsp3) is 0.462. The molecule has 2 heterocycles. The van der Waals surface area contributed by atoms with E-state index in [2.05, 4.69) is 33.2 Å². The summed E-state index contributed by atoms with van der Waals surface area (Å²) in [7, 11) is 0. The number of hydrogen-bond donors (Lipinski definition) is 1. The fourth-order valence-corrected chi connectivity index (χ4v) is 1.96. The van der Waals surface area contributed by atoms with Crippen LogP contribution in [0.1, 0.15) is 25.7 Å². The van der Waals surface area contributed by atoms with Crippen LogP contribution in [0.4, 0.5) is 0 Å². The molecule has 0 aromatic carbocycles. The van der Waals surface area contributed by atoms with Gasteiger partial charge in [0, 0.05) is 6.42 Å². The van der Waals surface area contributed by atoms with Crippen molar-refractivity contribution in [1.29, 1.82) is 0 Å². The summed E-state index contributed by atoms with van der Waals surface area (Å²) in [5, 5.41) is 3.35. The predicted octanol–water partition coefficient (Wildman–Crippen LogP) is 3.63. The van der Waals surface area contributed by atoms with E-state index in [9.17, 15) is 0 Å². The van der Waals surface area contributed by atoms with Crippen molar-refractivity contribution in [2.45, 2.75) is 26.2 Å². The van der Waals surface area contributed by atoms with Crippen molar-refractivity contribution in [3.8, 4) is 11.5 Å². The average Bonchev–Trinajstić information content (AvgIpc) is 2.97. The molecule has 4 nitrogen and oxygen atoms in total. The molecule has 0 bridgehead atoms. The SMILES string of the molecule is CCCNCCCc1ncc(-c2ccc(Br)o2)o1. The molecule has 5 heteroatoms. The highest BCUT2D eigenvalue weighted by Gasteiger charge is 2.09. The van der Waals surface area contributed by atoms with Crippen molar-refractivity contribution in [2.75, 3.05) is 13.1 Å². The Morgan fingerprint density at radius 1 is 1.22 bits per heavy atom. The Morgan fingerprint density at radius 2 is 2.11 bits per heavy atom. The maximum atomic E-state index is 5.64. The Labute approximate surface area is 115 Å². The molecule has 2 aromatic rings. The molecule has 2 rings (SSSR count). The number of rotatable bonds is 7. The van der Waals surface area contributed by atoms with E-state index in [4.69, 9.17) is 8.83 Å². The zero-order valence-corrected chi connectivity index (χ0v) is 12.0. The maximum absolute atomic E-state index is 5.64. The topological polar surface area (TPSA) is 51.2 Å².